The Kier molecular flexibility index (Phi) is 5.44. The summed E-state index contributed by atoms with van der Waals surface area (Å²) in [5.41, 5.74) is 9.31. The minimum Gasteiger partial charge on any atom is -0.469 e. The van der Waals surface area contributed by atoms with Crippen LogP contribution in [0.15, 0.2) is 40.4 Å². The van der Waals surface area contributed by atoms with E-state index in [0.29, 0.717) is 5.90 Å². The number of aliphatic imine (C=N–C) groups is 1. The number of azide groups is 1. The van der Waals surface area contributed by atoms with Gasteiger partial charge in [-0.1, -0.05) is 23.3 Å². The number of ether oxygens (including phenoxy) is 3. The molecule has 1 aromatic carbocycles. The first-order valence-corrected chi connectivity index (χ1v) is 9.62. The fourth-order valence-electron chi connectivity index (χ4n) is 2.96. The lowest BCUT2D eigenvalue weighted by atomic mass is 9.97. The zero-order valence-electron chi connectivity index (χ0n) is 14.1. The highest BCUT2D eigenvalue weighted by atomic mass is 32.2. The van der Waals surface area contributed by atoms with E-state index in [2.05, 4.69) is 15.0 Å². The second-order valence-electron chi connectivity index (χ2n) is 5.83. The van der Waals surface area contributed by atoms with E-state index < -0.39 is 40.8 Å². The number of fused-ring (bicyclic) bond motifs is 1. The van der Waals surface area contributed by atoms with Crippen LogP contribution >= 0.6 is 0 Å². The topological polar surface area (TPSA) is 132 Å². The van der Waals surface area contributed by atoms with Crippen molar-refractivity contribution in [2.24, 2.45) is 10.1 Å². The highest BCUT2D eigenvalue weighted by Crippen LogP contribution is 2.34. The van der Waals surface area contributed by atoms with Crippen molar-refractivity contribution in [2.45, 2.75) is 30.6 Å². The van der Waals surface area contributed by atoms with E-state index in [1.807, 2.05) is 30.3 Å². The molecule has 26 heavy (non-hydrogen) atoms. The smallest absolute Gasteiger partial charge is 0.264 e. The van der Waals surface area contributed by atoms with Gasteiger partial charge in [-0.25, -0.2) is 4.99 Å². The third-order valence-electron chi connectivity index (χ3n) is 3.99. The molecule has 0 saturated carbocycles. The molecule has 10 nitrogen and oxygen atoms in total. The van der Waals surface area contributed by atoms with Crippen molar-refractivity contribution in [1.82, 2.24) is 0 Å². The first kappa shape index (κ1) is 18.6. The van der Waals surface area contributed by atoms with Crippen LogP contribution in [-0.4, -0.2) is 64.9 Å². The highest BCUT2D eigenvalue weighted by molar-refractivity contribution is 7.86. The van der Waals surface area contributed by atoms with Gasteiger partial charge in [0.2, 0.25) is 5.90 Å². The SMILES string of the molecule is CO[C@@H]1O[C@H](CN=[N+]=[N-])[C@@H](OS(C)(=O)=O)[C@H]2OC(c3ccccc3)=N[C@@H]12. The molecule has 0 unspecified atom stereocenters. The molecule has 1 fully saturated rings. The number of nitrogens with zero attached hydrogens (tertiary/aromatic N) is 4. The Labute approximate surface area is 150 Å². The Bertz CT molecular complexity index is 824. The molecule has 0 aliphatic carbocycles. The van der Waals surface area contributed by atoms with Crippen molar-refractivity contribution in [1.29, 1.82) is 0 Å². The van der Waals surface area contributed by atoms with Crippen molar-refractivity contribution in [3.63, 3.8) is 0 Å². The number of hydrogen-bond donors (Lipinski definition) is 0. The Morgan fingerprint density at radius 1 is 1.35 bits per heavy atom. The van der Waals surface area contributed by atoms with E-state index in [1.54, 1.807) is 0 Å². The monoisotopic (exact) mass is 382 g/mol. The van der Waals surface area contributed by atoms with Gasteiger partial charge in [0.05, 0.1) is 18.9 Å². The lowest BCUT2D eigenvalue weighted by Crippen LogP contribution is -2.58. The van der Waals surface area contributed by atoms with Gasteiger partial charge in [-0.15, -0.1) is 0 Å². The predicted octanol–water partition coefficient (Wildman–Crippen LogP) is 1.23. The fourth-order valence-corrected chi connectivity index (χ4v) is 3.59. The Hall–Kier alpha value is -2.17. The summed E-state index contributed by atoms with van der Waals surface area (Å²) in [6.07, 6.45) is -2.52. The van der Waals surface area contributed by atoms with Gasteiger partial charge >= 0.3 is 0 Å². The molecule has 1 saturated heterocycles. The highest BCUT2D eigenvalue weighted by Gasteiger charge is 2.53. The predicted molar refractivity (Wildman–Crippen MR) is 91.0 cm³/mol. The lowest BCUT2D eigenvalue weighted by Gasteiger charge is -2.40. The second kappa shape index (κ2) is 7.60. The summed E-state index contributed by atoms with van der Waals surface area (Å²) in [6, 6.07) is 8.55. The minimum atomic E-state index is -3.81. The van der Waals surface area contributed by atoms with Crippen LogP contribution in [0.4, 0.5) is 0 Å². The van der Waals surface area contributed by atoms with Crippen molar-refractivity contribution < 1.29 is 26.8 Å². The molecule has 0 N–H and O–H groups in total. The summed E-state index contributed by atoms with van der Waals surface area (Å²) in [5, 5.41) is 3.47. The van der Waals surface area contributed by atoms with Crippen molar-refractivity contribution in [2.75, 3.05) is 19.9 Å². The Morgan fingerprint density at radius 2 is 2.08 bits per heavy atom. The maximum absolute atomic E-state index is 11.7. The molecule has 2 aliphatic heterocycles. The summed E-state index contributed by atoms with van der Waals surface area (Å²) in [4.78, 5) is 7.18. The third kappa shape index (κ3) is 3.97. The van der Waals surface area contributed by atoms with Crippen LogP contribution in [0.5, 0.6) is 0 Å². The van der Waals surface area contributed by atoms with Crippen LogP contribution in [0.3, 0.4) is 0 Å². The number of rotatable bonds is 6. The average Bonchev–Trinajstić information content (AvgIpc) is 3.06. The maximum atomic E-state index is 11.7. The molecule has 0 bridgehead atoms. The zero-order valence-corrected chi connectivity index (χ0v) is 14.9. The van der Waals surface area contributed by atoms with E-state index in [9.17, 15) is 8.42 Å². The van der Waals surface area contributed by atoms with Crippen molar-refractivity contribution in [3.8, 4) is 0 Å². The van der Waals surface area contributed by atoms with E-state index in [0.717, 1.165) is 11.8 Å². The summed E-state index contributed by atoms with van der Waals surface area (Å²) < 4.78 is 45.6. The van der Waals surface area contributed by atoms with Gasteiger partial charge in [0.15, 0.2) is 12.4 Å². The Morgan fingerprint density at radius 3 is 2.69 bits per heavy atom. The standard InChI is InChI=1S/C15H18N4O6S/c1-22-15-11-13(24-14(18-11)9-6-4-3-5-7-9)12(25-26(2,20)21)10(23-15)8-17-19-16/h3-7,10-13,15H,8H2,1-2H3/t10-,11-,12-,13+,15-/m1/s1. The van der Waals surface area contributed by atoms with Crippen LogP contribution < -0.4 is 0 Å². The van der Waals surface area contributed by atoms with Gasteiger partial charge in [0, 0.05) is 17.6 Å². The largest absolute Gasteiger partial charge is 0.469 e. The normalized spacial score (nSPS) is 30.7. The first-order valence-electron chi connectivity index (χ1n) is 7.80. The van der Waals surface area contributed by atoms with Crippen LogP contribution in [0.2, 0.25) is 0 Å². The number of methoxy groups -OCH3 is 1. The molecule has 0 aromatic heterocycles. The van der Waals surface area contributed by atoms with E-state index in [4.69, 9.17) is 23.9 Å². The third-order valence-corrected chi connectivity index (χ3v) is 4.56. The number of hydrogen-bond acceptors (Lipinski definition) is 8. The summed E-state index contributed by atoms with van der Waals surface area (Å²) >= 11 is 0. The van der Waals surface area contributed by atoms with Crippen LogP contribution in [-0.2, 0) is 28.5 Å². The molecular formula is C15H18N4O6S. The van der Waals surface area contributed by atoms with Gasteiger partial charge in [0.25, 0.3) is 10.1 Å². The molecule has 2 aliphatic rings. The molecule has 3 rings (SSSR count). The van der Waals surface area contributed by atoms with Gasteiger partial charge in [0.1, 0.15) is 12.1 Å². The molecule has 140 valence electrons. The molecule has 2 heterocycles. The zero-order chi connectivity index (χ0) is 18.7. The fraction of sp³-hybridized carbons (Fsp3) is 0.533. The maximum Gasteiger partial charge on any atom is 0.264 e. The summed E-state index contributed by atoms with van der Waals surface area (Å²) in [6.45, 7) is -0.135. The molecular weight excluding hydrogens is 364 g/mol. The van der Waals surface area contributed by atoms with Crippen LogP contribution in [0.25, 0.3) is 10.4 Å². The lowest BCUT2D eigenvalue weighted by molar-refractivity contribution is -0.234. The molecule has 0 amide bonds. The quantitative estimate of drug-likeness (QED) is 0.314. The van der Waals surface area contributed by atoms with Gasteiger partial charge in [-0.05, 0) is 17.7 Å². The van der Waals surface area contributed by atoms with Crippen molar-refractivity contribution in [3.05, 3.63) is 46.3 Å². The van der Waals surface area contributed by atoms with E-state index in [-0.39, 0.29) is 6.54 Å². The summed E-state index contributed by atoms with van der Waals surface area (Å²) in [5.74, 6) is 0.345. The number of benzene rings is 1. The minimum absolute atomic E-state index is 0.135. The average molecular weight is 382 g/mol. The second-order valence-corrected chi connectivity index (χ2v) is 7.43. The molecule has 5 atom stereocenters. The van der Waals surface area contributed by atoms with Crippen molar-refractivity contribution >= 4 is 16.0 Å². The molecule has 0 radical (unpaired) electrons. The summed E-state index contributed by atoms with van der Waals surface area (Å²) in [7, 11) is -2.37. The Balaban J connectivity index is 1.93. The molecule has 11 heteroatoms. The van der Waals surface area contributed by atoms with Gasteiger partial charge in [-0.2, -0.15) is 8.42 Å². The van der Waals surface area contributed by atoms with Crippen LogP contribution in [0, 0.1) is 0 Å². The van der Waals surface area contributed by atoms with Crippen LogP contribution in [0.1, 0.15) is 5.56 Å². The van der Waals surface area contributed by atoms with E-state index >= 15 is 0 Å². The van der Waals surface area contributed by atoms with E-state index in [1.165, 1.54) is 7.11 Å². The first-order chi connectivity index (χ1) is 12.4. The van der Waals surface area contributed by atoms with Gasteiger partial charge < -0.3 is 14.2 Å². The molecule has 1 aromatic rings. The molecule has 0 spiro atoms. The van der Waals surface area contributed by atoms with Gasteiger partial charge in [-0.3, -0.25) is 4.18 Å².